The third-order valence-electron chi connectivity index (χ3n) is 8.68. The van der Waals surface area contributed by atoms with Crippen LogP contribution in [0.3, 0.4) is 0 Å². The number of ketones is 5. The number of amides is 2. The number of nitrogens with zero attached hydrogens (tertiary/aromatic N) is 2. The van der Waals surface area contributed by atoms with Crippen LogP contribution in [-0.4, -0.2) is 113 Å². The van der Waals surface area contributed by atoms with Crippen LogP contribution in [0.25, 0.3) is 0 Å². The zero-order valence-corrected chi connectivity index (χ0v) is 21.9. The van der Waals surface area contributed by atoms with Crippen LogP contribution < -0.4 is 5.73 Å². The molecule has 6 atom stereocenters. The highest BCUT2D eigenvalue weighted by Gasteiger charge is 2.69. The quantitative estimate of drug-likeness (QED) is 0.209. The van der Waals surface area contributed by atoms with Gasteiger partial charge in [0.05, 0.1) is 30.7 Å². The fraction of sp³-hybridized carbons (Fsp3) is 0.519. The van der Waals surface area contributed by atoms with E-state index < -0.39 is 81.8 Å². The van der Waals surface area contributed by atoms with Gasteiger partial charge in [-0.2, -0.15) is 0 Å². The fourth-order valence-corrected chi connectivity index (χ4v) is 6.84. The third kappa shape index (κ3) is 3.83. The summed E-state index contributed by atoms with van der Waals surface area (Å²) in [6, 6.07) is 1.09. The predicted molar refractivity (Wildman–Crippen MR) is 133 cm³/mol. The van der Waals surface area contributed by atoms with E-state index in [9.17, 15) is 43.8 Å². The van der Waals surface area contributed by atoms with Gasteiger partial charge in [-0.15, -0.1) is 0 Å². The van der Waals surface area contributed by atoms with Crippen LogP contribution in [0.2, 0.25) is 0 Å². The van der Waals surface area contributed by atoms with E-state index in [1.54, 1.807) is 0 Å². The van der Waals surface area contributed by atoms with Crippen LogP contribution in [0.15, 0.2) is 12.1 Å². The summed E-state index contributed by atoms with van der Waals surface area (Å²) >= 11 is 0. The maximum atomic E-state index is 13.8. The number of morpholine rings is 1. The summed E-state index contributed by atoms with van der Waals surface area (Å²) in [6.07, 6.45) is -0.276. The van der Waals surface area contributed by atoms with Gasteiger partial charge >= 0.3 is 0 Å². The van der Waals surface area contributed by atoms with Crippen molar-refractivity contribution in [2.75, 3.05) is 40.4 Å². The van der Waals surface area contributed by atoms with Gasteiger partial charge in [0.25, 0.3) is 11.7 Å². The number of Topliss-reactive ketones (excluding diaryl/α,β-unsaturated/α-hetero) is 5. The van der Waals surface area contributed by atoms with Gasteiger partial charge < -0.3 is 25.6 Å². The second-order valence-electron chi connectivity index (χ2n) is 11.0. The third-order valence-corrected chi connectivity index (χ3v) is 8.68. The Labute approximate surface area is 228 Å². The highest BCUT2D eigenvalue weighted by molar-refractivity contribution is 6.43. The number of carbonyl (C=O) groups excluding carboxylic acids is 7. The number of phenols is 1. The molecule has 1 heterocycles. The number of hydrogen-bond donors (Lipinski definition) is 3. The summed E-state index contributed by atoms with van der Waals surface area (Å²) in [5.41, 5.74) is 2.11. The van der Waals surface area contributed by atoms with Crippen molar-refractivity contribution in [1.82, 2.24) is 9.80 Å². The van der Waals surface area contributed by atoms with E-state index in [0.717, 1.165) is 6.07 Å². The summed E-state index contributed by atoms with van der Waals surface area (Å²) in [5, 5.41) is 22.2. The number of phenolic OH excluding ortho intramolecular Hbond substituents is 1. The number of carbonyl (C=O) groups is 7. The predicted octanol–water partition coefficient (Wildman–Crippen LogP) is -2.09. The summed E-state index contributed by atoms with van der Waals surface area (Å²) in [7, 11) is 2.97. The fourth-order valence-electron chi connectivity index (χ4n) is 6.84. The van der Waals surface area contributed by atoms with Gasteiger partial charge in [-0.3, -0.25) is 38.5 Å². The molecule has 212 valence electrons. The average molecular weight is 556 g/mol. The number of aromatic hydroxyl groups is 1. The lowest BCUT2D eigenvalue weighted by molar-refractivity contribution is -0.181. The SMILES string of the molecule is CN(C)[C@@H]1C(=O)C(C(N)=O)C(=O)[C@@]2(O)C(=O)C3C(=O)c4c(O)ccc(C(=O)C(=O)N5CCOCC5)c4C[C@H]3C[C@@H]12. The molecule has 4 aliphatic rings. The van der Waals surface area contributed by atoms with Crippen LogP contribution in [-0.2, 0) is 35.1 Å². The Morgan fingerprint density at radius 3 is 2.33 bits per heavy atom. The van der Waals surface area contributed by atoms with Crippen LogP contribution in [0.4, 0.5) is 0 Å². The summed E-state index contributed by atoms with van der Waals surface area (Å²) < 4.78 is 5.22. The molecule has 0 bridgehead atoms. The van der Waals surface area contributed by atoms with Gasteiger partial charge in [0.2, 0.25) is 5.91 Å². The van der Waals surface area contributed by atoms with Crippen LogP contribution in [0.5, 0.6) is 5.75 Å². The first-order valence-electron chi connectivity index (χ1n) is 12.9. The van der Waals surface area contributed by atoms with Crippen molar-refractivity contribution in [1.29, 1.82) is 0 Å². The molecular formula is C27H29N3O10. The number of fused-ring (bicyclic) bond motifs is 3. The minimum Gasteiger partial charge on any atom is -0.507 e. The molecule has 1 aromatic rings. The normalized spacial score (nSPS) is 31.9. The first-order valence-corrected chi connectivity index (χ1v) is 12.9. The molecule has 13 heteroatoms. The minimum absolute atomic E-state index is 0.0842. The molecule has 2 saturated carbocycles. The highest BCUT2D eigenvalue weighted by Crippen LogP contribution is 2.51. The molecule has 3 fully saturated rings. The van der Waals surface area contributed by atoms with Crippen molar-refractivity contribution in [2.45, 2.75) is 24.5 Å². The minimum atomic E-state index is -2.84. The van der Waals surface area contributed by atoms with Crippen molar-refractivity contribution in [3.05, 3.63) is 28.8 Å². The van der Waals surface area contributed by atoms with Gasteiger partial charge in [-0.25, -0.2) is 0 Å². The van der Waals surface area contributed by atoms with Gasteiger partial charge in [0.15, 0.2) is 34.7 Å². The van der Waals surface area contributed by atoms with Gasteiger partial charge in [0, 0.05) is 24.6 Å². The summed E-state index contributed by atoms with van der Waals surface area (Å²) in [5.74, 6) is -13.7. The van der Waals surface area contributed by atoms with E-state index in [1.807, 2.05) is 0 Å². The Kier molecular flexibility index (Phi) is 6.71. The van der Waals surface area contributed by atoms with E-state index in [2.05, 4.69) is 0 Å². The Bertz CT molecular complexity index is 1380. The molecule has 1 aliphatic heterocycles. The van der Waals surface area contributed by atoms with Crippen molar-refractivity contribution in [3.8, 4) is 5.75 Å². The monoisotopic (exact) mass is 555 g/mol. The van der Waals surface area contributed by atoms with E-state index in [-0.39, 0.29) is 55.8 Å². The zero-order chi connectivity index (χ0) is 29.3. The molecule has 0 spiro atoms. The lowest BCUT2D eigenvalue weighted by Crippen LogP contribution is -2.74. The lowest BCUT2D eigenvalue weighted by Gasteiger charge is -2.52. The van der Waals surface area contributed by atoms with Crippen molar-refractivity contribution >= 4 is 40.7 Å². The first-order chi connectivity index (χ1) is 18.8. The molecule has 0 aromatic heterocycles. The molecule has 1 saturated heterocycles. The number of nitrogens with two attached hydrogens (primary N) is 1. The van der Waals surface area contributed by atoms with Crippen molar-refractivity contribution in [2.24, 2.45) is 29.4 Å². The number of rotatable bonds is 4. The molecule has 1 aromatic carbocycles. The average Bonchev–Trinajstić information content (AvgIpc) is 2.90. The van der Waals surface area contributed by atoms with E-state index in [0.29, 0.717) is 0 Å². The Balaban J connectivity index is 1.58. The first kappa shape index (κ1) is 27.7. The number of benzene rings is 1. The molecule has 0 radical (unpaired) electrons. The number of aliphatic hydroxyl groups is 1. The molecule has 5 rings (SSSR count). The number of ether oxygens (including phenoxy) is 1. The van der Waals surface area contributed by atoms with Gasteiger partial charge in [0.1, 0.15) is 5.75 Å². The molecule has 13 nitrogen and oxygen atoms in total. The number of hydrogen-bond acceptors (Lipinski definition) is 11. The molecule has 4 N–H and O–H groups in total. The standard InChI is InChI=1S/C27H29N3O10/c1-29(2)19-14-10-11-9-13-12(20(32)26(38)30-5-7-40-8-6-30)3-4-15(31)17(13)21(33)16(11)23(35)27(14,39)24(36)18(22(19)34)25(28)37/h3-4,11,14,16,18-19,31,39H,5-10H2,1-2H3,(H2,28,37)/t11-,14-,16?,18?,19-,27-/m0/s1. The Hall–Kier alpha value is -3.81. The van der Waals surface area contributed by atoms with Crippen LogP contribution in [0.1, 0.15) is 32.7 Å². The second-order valence-corrected chi connectivity index (χ2v) is 11.0. The molecule has 40 heavy (non-hydrogen) atoms. The lowest BCUT2D eigenvalue weighted by atomic mass is 9.52. The van der Waals surface area contributed by atoms with Crippen molar-refractivity contribution in [3.63, 3.8) is 0 Å². The molecule has 2 unspecified atom stereocenters. The highest BCUT2D eigenvalue weighted by atomic mass is 16.5. The number of likely N-dealkylation sites (N-methyl/N-ethyl adjacent to an activating group) is 1. The molecular weight excluding hydrogens is 526 g/mol. The summed E-state index contributed by atoms with van der Waals surface area (Å²) in [6.45, 7) is 0.956. The summed E-state index contributed by atoms with van der Waals surface area (Å²) in [4.78, 5) is 95.1. The molecule has 3 aliphatic carbocycles. The van der Waals surface area contributed by atoms with Gasteiger partial charge in [-0.1, -0.05) is 0 Å². The smallest absolute Gasteiger partial charge is 0.295 e. The zero-order valence-electron chi connectivity index (χ0n) is 21.9. The van der Waals surface area contributed by atoms with Crippen molar-refractivity contribution < 1.29 is 48.5 Å². The van der Waals surface area contributed by atoms with Gasteiger partial charge in [-0.05, 0) is 50.6 Å². The second kappa shape index (κ2) is 9.68. The topological polar surface area (TPSA) is 202 Å². The van der Waals surface area contributed by atoms with E-state index >= 15 is 0 Å². The molecule has 2 amide bonds. The maximum absolute atomic E-state index is 13.8. The Morgan fingerprint density at radius 2 is 1.73 bits per heavy atom. The number of primary amides is 1. The van der Waals surface area contributed by atoms with Crippen LogP contribution in [0, 0.1) is 23.7 Å². The van der Waals surface area contributed by atoms with Crippen LogP contribution >= 0.6 is 0 Å². The largest absolute Gasteiger partial charge is 0.507 e. The van der Waals surface area contributed by atoms with E-state index in [1.165, 1.54) is 30.0 Å². The van der Waals surface area contributed by atoms with E-state index in [4.69, 9.17) is 10.5 Å². The maximum Gasteiger partial charge on any atom is 0.295 e. The Morgan fingerprint density at radius 1 is 1.07 bits per heavy atom.